The number of halogens is 1. The standard InChI is InChI=1S/C28H30IN3/c29-21-28-30-26-13-7-8-14-27(26)32(28)24-15-18-31(19-16-24)20-17-25(22-9-3-1-4-10-22)23-11-5-2-6-12-23/h1-14,24-25H,15-21H2. The van der Waals surface area contributed by atoms with Crippen molar-refractivity contribution in [1.29, 1.82) is 0 Å². The second kappa shape index (κ2) is 10.2. The Labute approximate surface area is 204 Å². The summed E-state index contributed by atoms with van der Waals surface area (Å²) >= 11 is 2.45. The maximum absolute atomic E-state index is 4.89. The van der Waals surface area contributed by atoms with Crippen LogP contribution in [0.2, 0.25) is 0 Å². The molecule has 0 spiro atoms. The van der Waals surface area contributed by atoms with Crippen molar-refractivity contribution in [2.24, 2.45) is 0 Å². The van der Waals surface area contributed by atoms with E-state index in [9.17, 15) is 0 Å². The summed E-state index contributed by atoms with van der Waals surface area (Å²) < 4.78 is 3.48. The first-order chi connectivity index (χ1) is 15.8. The minimum atomic E-state index is 0.457. The average molecular weight is 535 g/mol. The first-order valence-electron chi connectivity index (χ1n) is 11.7. The molecule has 0 amide bonds. The van der Waals surface area contributed by atoms with E-state index in [1.807, 2.05) is 0 Å². The molecule has 0 saturated carbocycles. The molecule has 0 bridgehead atoms. The van der Waals surface area contributed by atoms with Gasteiger partial charge in [0.25, 0.3) is 0 Å². The number of hydrogen-bond acceptors (Lipinski definition) is 2. The van der Waals surface area contributed by atoms with E-state index in [1.54, 1.807) is 0 Å². The zero-order valence-corrected chi connectivity index (χ0v) is 20.6. The van der Waals surface area contributed by atoms with E-state index in [2.05, 4.69) is 117 Å². The van der Waals surface area contributed by atoms with Gasteiger partial charge in [-0.05, 0) is 49.1 Å². The Morgan fingerprint density at radius 1 is 0.812 bits per heavy atom. The van der Waals surface area contributed by atoms with Crippen LogP contribution in [0.25, 0.3) is 11.0 Å². The van der Waals surface area contributed by atoms with Gasteiger partial charge in [0.1, 0.15) is 5.82 Å². The van der Waals surface area contributed by atoms with Gasteiger partial charge >= 0.3 is 0 Å². The largest absolute Gasteiger partial charge is 0.324 e. The SMILES string of the molecule is ICc1nc2ccccc2n1C1CCN(CCC(c2ccccc2)c2ccccc2)CC1. The van der Waals surface area contributed by atoms with Gasteiger partial charge in [0.05, 0.1) is 15.5 Å². The van der Waals surface area contributed by atoms with Gasteiger partial charge in [0, 0.05) is 25.0 Å². The lowest BCUT2D eigenvalue weighted by Gasteiger charge is -2.34. The third-order valence-corrected chi connectivity index (χ3v) is 7.53. The van der Waals surface area contributed by atoms with Crippen LogP contribution in [0.1, 0.15) is 48.2 Å². The molecule has 0 radical (unpaired) electrons. The van der Waals surface area contributed by atoms with Crippen LogP contribution in [-0.2, 0) is 4.43 Å². The van der Waals surface area contributed by atoms with Crippen LogP contribution in [0.3, 0.4) is 0 Å². The predicted molar refractivity (Wildman–Crippen MR) is 142 cm³/mol. The van der Waals surface area contributed by atoms with E-state index in [1.165, 1.54) is 35.3 Å². The fraction of sp³-hybridized carbons (Fsp3) is 0.321. The summed E-state index contributed by atoms with van der Waals surface area (Å²) in [6.07, 6.45) is 3.56. The number of aromatic nitrogens is 2. The Kier molecular flexibility index (Phi) is 6.89. The van der Waals surface area contributed by atoms with E-state index in [-0.39, 0.29) is 0 Å². The van der Waals surface area contributed by atoms with Gasteiger partial charge in [-0.1, -0.05) is 95.4 Å². The summed E-state index contributed by atoms with van der Waals surface area (Å²) in [7, 11) is 0. The van der Waals surface area contributed by atoms with Crippen molar-refractivity contribution in [2.45, 2.75) is 35.6 Å². The average Bonchev–Trinajstić information content (AvgIpc) is 3.25. The molecular weight excluding hydrogens is 505 g/mol. The maximum Gasteiger partial charge on any atom is 0.119 e. The first kappa shape index (κ1) is 21.7. The molecule has 4 heteroatoms. The molecule has 1 aromatic heterocycles. The predicted octanol–water partition coefficient (Wildman–Crippen LogP) is 6.83. The normalized spacial score (nSPS) is 15.6. The second-order valence-electron chi connectivity index (χ2n) is 8.76. The van der Waals surface area contributed by atoms with Gasteiger partial charge in [0.15, 0.2) is 0 Å². The summed E-state index contributed by atoms with van der Waals surface area (Å²) in [6, 6.07) is 31.1. The summed E-state index contributed by atoms with van der Waals surface area (Å²) in [6.45, 7) is 3.47. The van der Waals surface area contributed by atoms with Crippen molar-refractivity contribution < 1.29 is 0 Å². The quantitative estimate of drug-likeness (QED) is 0.191. The van der Waals surface area contributed by atoms with Gasteiger partial charge in [-0.25, -0.2) is 4.98 Å². The van der Waals surface area contributed by atoms with E-state index in [0.29, 0.717) is 12.0 Å². The Balaban J connectivity index is 1.26. The molecule has 32 heavy (non-hydrogen) atoms. The van der Waals surface area contributed by atoms with Crippen LogP contribution in [-0.4, -0.2) is 34.1 Å². The molecule has 3 aromatic carbocycles. The first-order valence-corrected chi connectivity index (χ1v) is 13.2. The van der Waals surface area contributed by atoms with Gasteiger partial charge in [-0.15, -0.1) is 0 Å². The number of rotatable bonds is 7. The maximum atomic E-state index is 4.89. The second-order valence-corrected chi connectivity index (χ2v) is 9.52. The number of imidazole rings is 1. The zero-order valence-electron chi connectivity index (χ0n) is 18.4. The molecule has 0 aliphatic carbocycles. The molecule has 0 atom stereocenters. The van der Waals surface area contributed by atoms with Crippen LogP contribution >= 0.6 is 22.6 Å². The van der Waals surface area contributed by atoms with Crippen molar-refractivity contribution in [1.82, 2.24) is 14.5 Å². The molecule has 0 unspecified atom stereocenters. The van der Waals surface area contributed by atoms with Crippen LogP contribution in [0.4, 0.5) is 0 Å². The fourth-order valence-electron chi connectivity index (χ4n) is 5.21. The number of alkyl halides is 1. The number of nitrogens with zero attached hydrogens (tertiary/aromatic N) is 3. The van der Waals surface area contributed by atoms with E-state index in [0.717, 1.165) is 36.0 Å². The van der Waals surface area contributed by atoms with Crippen LogP contribution in [0.5, 0.6) is 0 Å². The highest BCUT2D eigenvalue weighted by atomic mass is 127. The number of para-hydroxylation sites is 2. The third-order valence-electron chi connectivity index (χ3n) is 6.85. The monoisotopic (exact) mass is 535 g/mol. The van der Waals surface area contributed by atoms with Crippen molar-refractivity contribution in [3.63, 3.8) is 0 Å². The Morgan fingerprint density at radius 2 is 1.41 bits per heavy atom. The van der Waals surface area contributed by atoms with Crippen molar-refractivity contribution in [2.75, 3.05) is 19.6 Å². The summed E-state index contributed by atoms with van der Waals surface area (Å²) in [4.78, 5) is 7.56. The minimum absolute atomic E-state index is 0.457. The molecule has 1 fully saturated rings. The lowest BCUT2D eigenvalue weighted by molar-refractivity contribution is 0.183. The van der Waals surface area contributed by atoms with Crippen molar-refractivity contribution >= 4 is 33.6 Å². The molecule has 4 aromatic rings. The Morgan fingerprint density at radius 3 is 2.03 bits per heavy atom. The van der Waals surface area contributed by atoms with E-state index < -0.39 is 0 Å². The molecule has 1 aliphatic heterocycles. The number of likely N-dealkylation sites (tertiary alicyclic amines) is 1. The lowest BCUT2D eigenvalue weighted by Crippen LogP contribution is -2.36. The number of piperidine rings is 1. The lowest BCUT2D eigenvalue weighted by atomic mass is 9.88. The number of benzene rings is 3. The van der Waals surface area contributed by atoms with Crippen LogP contribution < -0.4 is 0 Å². The molecule has 0 N–H and O–H groups in total. The summed E-state index contributed by atoms with van der Waals surface area (Å²) in [5.74, 6) is 1.68. The molecule has 5 rings (SSSR count). The molecule has 2 heterocycles. The van der Waals surface area contributed by atoms with E-state index >= 15 is 0 Å². The Hall–Kier alpha value is -2.18. The summed E-state index contributed by atoms with van der Waals surface area (Å²) in [5, 5.41) is 0. The van der Waals surface area contributed by atoms with Gasteiger partial charge in [-0.2, -0.15) is 0 Å². The molecule has 1 saturated heterocycles. The highest BCUT2D eigenvalue weighted by Crippen LogP contribution is 2.32. The fourth-order valence-corrected chi connectivity index (χ4v) is 5.74. The number of fused-ring (bicyclic) bond motifs is 1. The van der Waals surface area contributed by atoms with Gasteiger partial charge < -0.3 is 9.47 Å². The topological polar surface area (TPSA) is 21.1 Å². The molecule has 164 valence electrons. The highest BCUT2D eigenvalue weighted by Gasteiger charge is 2.25. The third kappa shape index (κ3) is 4.62. The number of hydrogen-bond donors (Lipinski definition) is 0. The summed E-state index contributed by atoms with van der Waals surface area (Å²) in [5.41, 5.74) is 5.27. The van der Waals surface area contributed by atoms with Crippen molar-refractivity contribution in [3.8, 4) is 0 Å². The van der Waals surface area contributed by atoms with Crippen LogP contribution in [0, 0.1) is 0 Å². The molecular formula is C28H30IN3. The van der Waals surface area contributed by atoms with Crippen LogP contribution in [0.15, 0.2) is 84.9 Å². The highest BCUT2D eigenvalue weighted by molar-refractivity contribution is 14.1. The van der Waals surface area contributed by atoms with Crippen molar-refractivity contribution in [3.05, 3.63) is 102 Å². The van der Waals surface area contributed by atoms with Gasteiger partial charge in [-0.3, -0.25) is 0 Å². The molecule has 1 aliphatic rings. The zero-order chi connectivity index (χ0) is 21.8. The minimum Gasteiger partial charge on any atom is -0.324 e. The molecule has 3 nitrogen and oxygen atoms in total. The Bertz CT molecular complexity index is 1090. The smallest absolute Gasteiger partial charge is 0.119 e. The van der Waals surface area contributed by atoms with E-state index in [4.69, 9.17) is 4.98 Å². The van der Waals surface area contributed by atoms with Gasteiger partial charge in [0.2, 0.25) is 0 Å².